The van der Waals surface area contributed by atoms with E-state index < -0.39 is 22.2 Å². The molecule has 1 aromatic rings. The monoisotopic (exact) mass is 342 g/mol. The number of sulfonamides is 1. The van der Waals surface area contributed by atoms with Crippen LogP contribution in [0.4, 0.5) is 4.79 Å². The van der Waals surface area contributed by atoms with Gasteiger partial charge in [0.25, 0.3) is 0 Å². The summed E-state index contributed by atoms with van der Waals surface area (Å²) in [5, 5.41) is 0. The van der Waals surface area contributed by atoms with Gasteiger partial charge in [0, 0.05) is 12.6 Å². The fraction of sp³-hybridized carbons (Fsp3) is 0.533. The third-order valence-corrected chi connectivity index (χ3v) is 5.28. The second kappa shape index (κ2) is 6.76. The zero-order valence-electron chi connectivity index (χ0n) is 13.7. The van der Waals surface area contributed by atoms with Gasteiger partial charge in [0.2, 0.25) is 10.0 Å². The van der Waals surface area contributed by atoms with Crippen molar-refractivity contribution in [3.05, 3.63) is 23.8 Å². The maximum atomic E-state index is 12.4. The van der Waals surface area contributed by atoms with Gasteiger partial charge in [0.15, 0.2) is 0 Å². The zero-order valence-corrected chi connectivity index (χ0v) is 14.5. The van der Waals surface area contributed by atoms with Gasteiger partial charge in [0.1, 0.15) is 11.9 Å². The Morgan fingerprint density at radius 3 is 2.65 bits per heavy atom. The summed E-state index contributed by atoms with van der Waals surface area (Å²) < 4.78 is 37.5. The smallest absolute Gasteiger partial charge is 0.410 e. The molecular formula is C15H22N2O5S. The van der Waals surface area contributed by atoms with Crippen molar-refractivity contribution in [2.24, 2.45) is 0 Å². The Hall–Kier alpha value is -1.80. The maximum absolute atomic E-state index is 12.4. The highest BCUT2D eigenvalue weighted by Crippen LogP contribution is 2.21. The third-order valence-electron chi connectivity index (χ3n) is 3.70. The summed E-state index contributed by atoms with van der Waals surface area (Å²) in [5.41, 5.74) is 0.587. The van der Waals surface area contributed by atoms with Gasteiger partial charge in [-0.2, -0.15) is 0 Å². The molecule has 128 valence electrons. The summed E-state index contributed by atoms with van der Waals surface area (Å²) >= 11 is 0. The first-order valence-corrected chi connectivity index (χ1v) is 8.84. The van der Waals surface area contributed by atoms with Gasteiger partial charge in [-0.3, -0.25) is 0 Å². The number of methoxy groups -OCH3 is 1. The summed E-state index contributed by atoms with van der Waals surface area (Å²) in [6.07, 6.45) is -0.900. The average Bonchev–Trinajstić information content (AvgIpc) is 2.86. The van der Waals surface area contributed by atoms with Gasteiger partial charge >= 0.3 is 6.09 Å². The highest BCUT2D eigenvalue weighted by atomic mass is 32.2. The molecule has 0 aromatic heterocycles. The molecule has 1 N–H and O–H groups in total. The molecule has 2 rings (SSSR count). The Bertz CT molecular complexity index is 687. The van der Waals surface area contributed by atoms with Crippen LogP contribution in [0.15, 0.2) is 23.1 Å². The van der Waals surface area contributed by atoms with E-state index in [0.29, 0.717) is 17.9 Å². The highest BCUT2D eigenvalue weighted by molar-refractivity contribution is 7.89. The number of carbonyl (C=O) groups excluding carboxylic acids is 1. The minimum Gasteiger partial charge on any atom is -0.497 e. The molecule has 1 saturated heterocycles. The molecule has 0 bridgehead atoms. The van der Waals surface area contributed by atoms with E-state index in [0.717, 1.165) is 0 Å². The number of benzene rings is 1. The fourth-order valence-electron chi connectivity index (χ4n) is 2.40. The number of ether oxygens (including phenoxy) is 2. The summed E-state index contributed by atoms with van der Waals surface area (Å²) in [6, 6.07) is 4.77. The molecule has 23 heavy (non-hydrogen) atoms. The van der Waals surface area contributed by atoms with E-state index >= 15 is 0 Å². The number of amides is 1. The molecule has 7 nitrogen and oxygen atoms in total. The van der Waals surface area contributed by atoms with Gasteiger partial charge in [0.05, 0.1) is 18.6 Å². The topological polar surface area (TPSA) is 84.9 Å². The van der Waals surface area contributed by atoms with E-state index in [1.165, 1.54) is 13.2 Å². The molecular weight excluding hydrogens is 320 g/mol. The van der Waals surface area contributed by atoms with Crippen LogP contribution in [-0.4, -0.2) is 51.8 Å². The van der Waals surface area contributed by atoms with E-state index in [1.54, 1.807) is 24.0 Å². The van der Waals surface area contributed by atoms with Crippen LogP contribution in [0.3, 0.4) is 0 Å². The van der Waals surface area contributed by atoms with E-state index in [1.807, 2.05) is 13.8 Å². The second-order valence-electron chi connectivity index (χ2n) is 5.74. The Balaban J connectivity index is 2.04. The Morgan fingerprint density at radius 2 is 2.13 bits per heavy atom. The lowest BCUT2D eigenvalue weighted by molar-refractivity contribution is 0.130. The van der Waals surface area contributed by atoms with Crippen molar-refractivity contribution in [1.82, 2.24) is 9.62 Å². The van der Waals surface area contributed by atoms with Gasteiger partial charge in [-0.1, -0.05) is 0 Å². The van der Waals surface area contributed by atoms with Crippen LogP contribution in [0.1, 0.15) is 19.4 Å². The molecule has 1 heterocycles. The van der Waals surface area contributed by atoms with Crippen molar-refractivity contribution >= 4 is 16.1 Å². The van der Waals surface area contributed by atoms with Crippen molar-refractivity contribution in [1.29, 1.82) is 0 Å². The van der Waals surface area contributed by atoms with Crippen LogP contribution in [0.25, 0.3) is 0 Å². The zero-order chi connectivity index (χ0) is 17.2. The minimum atomic E-state index is -3.67. The van der Waals surface area contributed by atoms with Crippen LogP contribution >= 0.6 is 0 Å². The molecule has 0 aliphatic carbocycles. The lowest BCUT2D eigenvalue weighted by Crippen LogP contribution is -2.36. The van der Waals surface area contributed by atoms with Crippen LogP contribution in [0.5, 0.6) is 5.75 Å². The SMILES string of the molecule is COc1ccc(S(=O)(=O)NCC2CN(C(C)C)C(=O)O2)c(C)c1. The summed E-state index contributed by atoms with van der Waals surface area (Å²) in [7, 11) is -2.15. The van der Waals surface area contributed by atoms with Crippen molar-refractivity contribution in [2.75, 3.05) is 20.2 Å². The van der Waals surface area contributed by atoms with Crippen molar-refractivity contribution in [2.45, 2.75) is 37.8 Å². The molecule has 1 atom stereocenters. The van der Waals surface area contributed by atoms with Crippen LogP contribution in [0, 0.1) is 6.92 Å². The Kier molecular flexibility index (Phi) is 5.16. The van der Waals surface area contributed by atoms with E-state index in [-0.39, 0.29) is 17.5 Å². The first-order chi connectivity index (χ1) is 10.7. The highest BCUT2D eigenvalue weighted by Gasteiger charge is 2.33. The van der Waals surface area contributed by atoms with Crippen LogP contribution < -0.4 is 9.46 Å². The molecule has 0 radical (unpaired) electrons. The van der Waals surface area contributed by atoms with Crippen molar-refractivity contribution in [3.63, 3.8) is 0 Å². The molecule has 1 amide bonds. The van der Waals surface area contributed by atoms with Gasteiger partial charge in [-0.05, 0) is 44.5 Å². The number of hydrogen-bond donors (Lipinski definition) is 1. The predicted molar refractivity (Wildman–Crippen MR) is 85.0 cm³/mol. The van der Waals surface area contributed by atoms with Crippen LogP contribution in [-0.2, 0) is 14.8 Å². The largest absolute Gasteiger partial charge is 0.497 e. The van der Waals surface area contributed by atoms with Gasteiger partial charge < -0.3 is 14.4 Å². The Morgan fingerprint density at radius 1 is 1.43 bits per heavy atom. The quantitative estimate of drug-likeness (QED) is 0.847. The summed E-state index contributed by atoms with van der Waals surface area (Å²) in [6.45, 7) is 5.89. The second-order valence-corrected chi connectivity index (χ2v) is 7.47. The molecule has 1 unspecified atom stereocenters. The first kappa shape index (κ1) is 17.6. The molecule has 1 fully saturated rings. The summed E-state index contributed by atoms with van der Waals surface area (Å²) in [5.74, 6) is 0.596. The van der Waals surface area contributed by atoms with Gasteiger partial charge in [-0.25, -0.2) is 17.9 Å². The number of rotatable bonds is 6. The number of aryl methyl sites for hydroxylation is 1. The molecule has 0 spiro atoms. The first-order valence-electron chi connectivity index (χ1n) is 7.36. The minimum absolute atomic E-state index is 0.0212. The van der Waals surface area contributed by atoms with E-state index in [4.69, 9.17) is 9.47 Å². The molecule has 1 aliphatic heterocycles. The lowest BCUT2D eigenvalue weighted by atomic mass is 10.2. The van der Waals surface area contributed by atoms with Crippen molar-refractivity contribution in [3.8, 4) is 5.75 Å². The number of hydrogen-bond acceptors (Lipinski definition) is 5. The average molecular weight is 342 g/mol. The molecule has 8 heteroatoms. The number of cyclic esters (lactones) is 1. The van der Waals surface area contributed by atoms with Crippen molar-refractivity contribution < 1.29 is 22.7 Å². The molecule has 1 aliphatic rings. The maximum Gasteiger partial charge on any atom is 0.410 e. The predicted octanol–water partition coefficient (Wildman–Crippen LogP) is 1.51. The number of nitrogens with zero attached hydrogens (tertiary/aromatic N) is 1. The summed E-state index contributed by atoms with van der Waals surface area (Å²) in [4.78, 5) is 13.4. The third kappa shape index (κ3) is 3.94. The van der Waals surface area contributed by atoms with Crippen LogP contribution in [0.2, 0.25) is 0 Å². The molecule has 0 saturated carbocycles. The lowest BCUT2D eigenvalue weighted by Gasteiger charge is -2.17. The number of nitrogens with one attached hydrogen (secondary N) is 1. The van der Waals surface area contributed by atoms with E-state index in [9.17, 15) is 13.2 Å². The Labute approximate surface area is 136 Å². The fourth-order valence-corrected chi connectivity index (χ4v) is 3.69. The van der Waals surface area contributed by atoms with Gasteiger partial charge in [-0.15, -0.1) is 0 Å². The van der Waals surface area contributed by atoms with E-state index in [2.05, 4.69) is 4.72 Å². The standard InChI is InChI=1S/C15H22N2O5S/c1-10(2)17-9-13(22-15(17)18)8-16-23(19,20)14-6-5-12(21-4)7-11(14)3/h5-7,10,13,16H,8-9H2,1-4H3. The molecule has 1 aromatic carbocycles. The number of carbonyl (C=O) groups is 1. The normalized spacial score (nSPS) is 18.4.